The number of sulfone groups is 1. The fourth-order valence-electron chi connectivity index (χ4n) is 2.57. The molecular weight excluding hydrogens is 238 g/mol. The van der Waals surface area contributed by atoms with E-state index in [1.54, 1.807) is 6.20 Å². The van der Waals surface area contributed by atoms with Crippen molar-refractivity contribution >= 4 is 9.84 Å². The first-order chi connectivity index (χ1) is 7.75. The van der Waals surface area contributed by atoms with E-state index < -0.39 is 15.4 Å². The van der Waals surface area contributed by atoms with Crippen LogP contribution < -0.4 is 5.73 Å². The molecule has 0 saturated carbocycles. The van der Waals surface area contributed by atoms with E-state index >= 15 is 0 Å². The third-order valence-electron chi connectivity index (χ3n) is 3.53. The molecule has 0 spiro atoms. The molecule has 5 nitrogen and oxygen atoms in total. The maximum absolute atomic E-state index is 11.6. The molecule has 1 aromatic rings. The zero-order valence-corrected chi connectivity index (χ0v) is 11.3. The summed E-state index contributed by atoms with van der Waals surface area (Å²) in [4.78, 5) is 0. The second-order valence-electron chi connectivity index (χ2n) is 5.22. The first-order valence-corrected chi connectivity index (χ1v) is 7.58. The van der Waals surface area contributed by atoms with Gasteiger partial charge in [0.1, 0.15) is 0 Å². The zero-order chi connectivity index (χ0) is 12.8. The van der Waals surface area contributed by atoms with E-state index in [1.807, 2.05) is 25.5 Å². The van der Waals surface area contributed by atoms with Gasteiger partial charge >= 0.3 is 0 Å². The normalized spacial score (nSPS) is 29.4. The molecule has 2 atom stereocenters. The minimum absolute atomic E-state index is 0.0784. The van der Waals surface area contributed by atoms with Crippen molar-refractivity contribution in [3.8, 4) is 0 Å². The van der Waals surface area contributed by atoms with E-state index in [0.717, 1.165) is 11.3 Å². The standard InChI is InChI=1S/C11H19N3O2S/c1-8(12)10-6-13-14(9(10)2)11(3)4-5-17(15,16)7-11/h6,8H,4-5,7,12H2,1-3H3. The van der Waals surface area contributed by atoms with Crippen LogP contribution in [-0.2, 0) is 15.4 Å². The molecule has 1 saturated heterocycles. The Bertz CT molecular complexity index is 533. The van der Waals surface area contributed by atoms with Gasteiger partial charge in [0, 0.05) is 17.3 Å². The molecule has 1 fully saturated rings. The molecule has 1 aromatic heterocycles. The largest absolute Gasteiger partial charge is 0.324 e. The van der Waals surface area contributed by atoms with E-state index in [1.165, 1.54) is 0 Å². The third-order valence-corrected chi connectivity index (χ3v) is 5.42. The molecule has 0 radical (unpaired) electrons. The molecule has 1 aliphatic heterocycles. The van der Waals surface area contributed by atoms with Gasteiger partial charge in [-0.15, -0.1) is 0 Å². The highest BCUT2D eigenvalue weighted by Gasteiger charge is 2.41. The van der Waals surface area contributed by atoms with Crippen molar-refractivity contribution < 1.29 is 8.42 Å². The average molecular weight is 257 g/mol. The van der Waals surface area contributed by atoms with Gasteiger partial charge < -0.3 is 5.73 Å². The molecule has 2 unspecified atom stereocenters. The molecule has 2 rings (SSSR count). The van der Waals surface area contributed by atoms with Gasteiger partial charge in [-0.25, -0.2) is 8.42 Å². The Balaban J connectivity index is 2.42. The summed E-state index contributed by atoms with van der Waals surface area (Å²) < 4.78 is 25.0. The Morgan fingerprint density at radius 1 is 1.59 bits per heavy atom. The van der Waals surface area contributed by atoms with E-state index in [9.17, 15) is 8.42 Å². The van der Waals surface area contributed by atoms with Crippen LogP contribution in [0.3, 0.4) is 0 Å². The van der Waals surface area contributed by atoms with Crippen LogP contribution >= 0.6 is 0 Å². The number of hydrogen-bond acceptors (Lipinski definition) is 4. The second-order valence-corrected chi connectivity index (χ2v) is 7.41. The van der Waals surface area contributed by atoms with E-state index in [2.05, 4.69) is 5.10 Å². The summed E-state index contributed by atoms with van der Waals surface area (Å²) in [6.45, 7) is 5.80. The Morgan fingerprint density at radius 2 is 2.24 bits per heavy atom. The third kappa shape index (κ3) is 2.11. The van der Waals surface area contributed by atoms with Gasteiger partial charge in [-0.2, -0.15) is 5.10 Å². The average Bonchev–Trinajstić information content (AvgIpc) is 2.68. The molecule has 0 amide bonds. The zero-order valence-electron chi connectivity index (χ0n) is 10.5. The van der Waals surface area contributed by atoms with Crippen molar-refractivity contribution in [2.24, 2.45) is 5.73 Å². The first-order valence-electron chi connectivity index (χ1n) is 5.76. The van der Waals surface area contributed by atoms with E-state index in [0.29, 0.717) is 6.42 Å². The summed E-state index contributed by atoms with van der Waals surface area (Å²) in [7, 11) is -2.92. The molecule has 6 heteroatoms. The van der Waals surface area contributed by atoms with Crippen molar-refractivity contribution in [3.63, 3.8) is 0 Å². The number of aromatic nitrogens is 2. The van der Waals surface area contributed by atoms with Crippen LogP contribution in [0.2, 0.25) is 0 Å². The van der Waals surface area contributed by atoms with Crippen molar-refractivity contribution in [1.82, 2.24) is 9.78 Å². The summed E-state index contributed by atoms with van der Waals surface area (Å²) in [5.74, 6) is 0.414. The van der Waals surface area contributed by atoms with E-state index in [-0.39, 0.29) is 17.5 Å². The highest BCUT2D eigenvalue weighted by atomic mass is 32.2. The smallest absolute Gasteiger partial charge is 0.152 e. The van der Waals surface area contributed by atoms with Crippen molar-refractivity contribution in [3.05, 3.63) is 17.5 Å². The summed E-state index contributed by atoms with van der Waals surface area (Å²) in [6.07, 6.45) is 2.37. The monoisotopic (exact) mass is 257 g/mol. The van der Waals surface area contributed by atoms with Crippen LogP contribution in [0.25, 0.3) is 0 Å². The fourth-order valence-corrected chi connectivity index (χ4v) is 4.68. The summed E-state index contributed by atoms with van der Waals surface area (Å²) in [6, 6.07) is -0.0784. The van der Waals surface area contributed by atoms with Gasteiger partial charge in [0.05, 0.1) is 23.2 Å². The highest BCUT2D eigenvalue weighted by Crippen LogP contribution is 2.32. The van der Waals surface area contributed by atoms with Gasteiger partial charge in [-0.05, 0) is 27.2 Å². The predicted molar refractivity (Wildman–Crippen MR) is 66.5 cm³/mol. The number of rotatable bonds is 2. The van der Waals surface area contributed by atoms with E-state index in [4.69, 9.17) is 5.73 Å². The predicted octanol–water partition coefficient (Wildman–Crippen LogP) is 0.745. The summed E-state index contributed by atoms with van der Waals surface area (Å²) in [5, 5.41) is 4.33. The van der Waals surface area contributed by atoms with Gasteiger partial charge in [0.2, 0.25) is 0 Å². The number of nitrogens with two attached hydrogens (primary N) is 1. The summed E-state index contributed by atoms with van der Waals surface area (Å²) in [5.41, 5.74) is 7.38. The molecule has 2 N–H and O–H groups in total. The quantitative estimate of drug-likeness (QED) is 0.848. The second kappa shape index (κ2) is 3.81. The minimum Gasteiger partial charge on any atom is -0.324 e. The minimum atomic E-state index is -2.92. The fraction of sp³-hybridized carbons (Fsp3) is 0.727. The van der Waals surface area contributed by atoms with Crippen LogP contribution in [0, 0.1) is 6.92 Å². The Morgan fingerprint density at radius 3 is 2.65 bits per heavy atom. The first kappa shape index (κ1) is 12.6. The number of nitrogens with zero attached hydrogens (tertiary/aromatic N) is 2. The topological polar surface area (TPSA) is 78.0 Å². The lowest BCUT2D eigenvalue weighted by molar-refractivity contribution is 0.321. The van der Waals surface area contributed by atoms with Gasteiger partial charge in [-0.1, -0.05) is 0 Å². The lowest BCUT2D eigenvalue weighted by Gasteiger charge is -2.25. The maximum Gasteiger partial charge on any atom is 0.152 e. The van der Waals surface area contributed by atoms with Crippen LogP contribution in [0.5, 0.6) is 0 Å². The lowest BCUT2D eigenvalue weighted by Crippen LogP contribution is -2.33. The lowest BCUT2D eigenvalue weighted by atomic mass is 10.0. The molecule has 0 bridgehead atoms. The highest BCUT2D eigenvalue weighted by molar-refractivity contribution is 7.91. The maximum atomic E-state index is 11.6. The van der Waals surface area contributed by atoms with Crippen LogP contribution in [0.1, 0.15) is 37.6 Å². The molecule has 0 aliphatic carbocycles. The van der Waals surface area contributed by atoms with Gasteiger partial charge in [-0.3, -0.25) is 4.68 Å². The van der Waals surface area contributed by atoms with Gasteiger partial charge in [0.15, 0.2) is 9.84 Å². The molecule has 2 heterocycles. The molecule has 17 heavy (non-hydrogen) atoms. The Kier molecular flexibility index (Phi) is 2.82. The van der Waals surface area contributed by atoms with Crippen molar-refractivity contribution in [1.29, 1.82) is 0 Å². The Labute approximate surface area is 102 Å². The van der Waals surface area contributed by atoms with Gasteiger partial charge in [0.25, 0.3) is 0 Å². The van der Waals surface area contributed by atoms with Crippen molar-refractivity contribution in [2.45, 2.75) is 38.8 Å². The van der Waals surface area contributed by atoms with Crippen LogP contribution in [-0.4, -0.2) is 29.7 Å². The van der Waals surface area contributed by atoms with Crippen molar-refractivity contribution in [2.75, 3.05) is 11.5 Å². The summed E-state index contributed by atoms with van der Waals surface area (Å²) >= 11 is 0. The SMILES string of the molecule is Cc1c(C(C)N)cnn1C1(C)CCS(=O)(=O)C1. The molecule has 96 valence electrons. The van der Waals surface area contributed by atoms with Crippen LogP contribution in [0.4, 0.5) is 0 Å². The Hall–Kier alpha value is -0.880. The molecule has 1 aliphatic rings. The molecular formula is C11H19N3O2S. The number of hydrogen-bond donors (Lipinski definition) is 1. The van der Waals surface area contributed by atoms with Crippen LogP contribution in [0.15, 0.2) is 6.20 Å². The molecule has 0 aromatic carbocycles.